The number of nitrogens with one attached hydrogen (secondary N) is 1. The highest BCUT2D eigenvalue weighted by molar-refractivity contribution is 7.80. The number of piperazine rings is 1. The predicted octanol–water partition coefficient (Wildman–Crippen LogP) is 3.36. The van der Waals surface area contributed by atoms with Crippen LogP contribution >= 0.6 is 12.2 Å². The average molecular weight is 367 g/mol. The highest BCUT2D eigenvalue weighted by Crippen LogP contribution is 2.22. The quantitative estimate of drug-likeness (QED) is 0.697. The maximum Gasteiger partial charge on any atom is 0.298 e. The van der Waals surface area contributed by atoms with Crippen molar-refractivity contribution < 1.29 is 4.42 Å². The molecule has 1 aliphatic heterocycles. The van der Waals surface area contributed by atoms with E-state index in [0.29, 0.717) is 11.1 Å². The highest BCUT2D eigenvalue weighted by atomic mass is 32.1. The summed E-state index contributed by atoms with van der Waals surface area (Å²) >= 11 is 5.57. The molecular formula is C19H21N5OS. The molecule has 0 saturated carbocycles. The van der Waals surface area contributed by atoms with Gasteiger partial charge in [0, 0.05) is 31.9 Å². The van der Waals surface area contributed by atoms with Gasteiger partial charge >= 0.3 is 0 Å². The molecule has 0 spiro atoms. The number of hydrogen-bond donors (Lipinski definition) is 1. The summed E-state index contributed by atoms with van der Waals surface area (Å²) in [6, 6.07) is 12.6. The largest absolute Gasteiger partial charge is 0.423 e. The van der Waals surface area contributed by atoms with Crippen LogP contribution in [-0.2, 0) is 0 Å². The summed E-state index contributed by atoms with van der Waals surface area (Å²) in [4.78, 5) is 13.4. The minimum Gasteiger partial charge on any atom is -0.423 e. The Morgan fingerprint density at radius 3 is 2.58 bits per heavy atom. The number of thiocarbonyl (C=S) groups is 1. The van der Waals surface area contributed by atoms with Gasteiger partial charge in [-0.3, -0.25) is 0 Å². The monoisotopic (exact) mass is 367 g/mol. The summed E-state index contributed by atoms with van der Waals surface area (Å²) in [5.41, 5.74) is 3.87. The Bertz CT molecular complexity index is 893. The summed E-state index contributed by atoms with van der Waals surface area (Å²) in [6.45, 7) is 7.30. The molecule has 1 aromatic carbocycles. The fraction of sp³-hybridized carbons (Fsp3) is 0.316. The molecule has 26 heavy (non-hydrogen) atoms. The maximum absolute atomic E-state index is 5.86. The SMILES string of the molecule is Cc1cc(C)nc(NC(=S)N2CCN(c3nc4ccccc4o3)CC2)c1. The smallest absolute Gasteiger partial charge is 0.298 e. The van der Waals surface area contributed by atoms with Gasteiger partial charge < -0.3 is 19.5 Å². The van der Waals surface area contributed by atoms with E-state index < -0.39 is 0 Å². The fourth-order valence-corrected chi connectivity index (χ4v) is 3.48. The van der Waals surface area contributed by atoms with Crippen molar-refractivity contribution in [3.8, 4) is 0 Å². The Labute approximate surface area is 157 Å². The van der Waals surface area contributed by atoms with Crippen LogP contribution in [0.25, 0.3) is 11.1 Å². The number of benzene rings is 1. The average Bonchev–Trinajstić information content (AvgIpc) is 3.05. The molecule has 3 heterocycles. The first-order chi connectivity index (χ1) is 12.6. The van der Waals surface area contributed by atoms with Crippen molar-refractivity contribution in [2.75, 3.05) is 36.4 Å². The van der Waals surface area contributed by atoms with Gasteiger partial charge in [-0.1, -0.05) is 12.1 Å². The molecule has 0 unspecified atom stereocenters. The van der Waals surface area contributed by atoms with Gasteiger partial charge in [0.05, 0.1) is 0 Å². The highest BCUT2D eigenvalue weighted by Gasteiger charge is 2.22. The van der Waals surface area contributed by atoms with Crippen LogP contribution in [0.2, 0.25) is 0 Å². The Morgan fingerprint density at radius 1 is 1.08 bits per heavy atom. The number of hydrogen-bond acceptors (Lipinski definition) is 5. The van der Waals surface area contributed by atoms with E-state index in [1.165, 1.54) is 5.56 Å². The Balaban J connectivity index is 1.39. The van der Waals surface area contributed by atoms with E-state index in [2.05, 4.69) is 32.0 Å². The van der Waals surface area contributed by atoms with Gasteiger partial charge in [-0.2, -0.15) is 4.98 Å². The third-order valence-electron chi connectivity index (χ3n) is 4.45. The lowest BCUT2D eigenvalue weighted by molar-refractivity contribution is 0.377. The minimum atomic E-state index is 0.681. The number of pyridine rings is 1. The molecule has 0 radical (unpaired) electrons. The molecule has 0 atom stereocenters. The molecule has 2 aromatic heterocycles. The molecule has 0 amide bonds. The Kier molecular flexibility index (Phi) is 4.46. The molecular weight excluding hydrogens is 346 g/mol. The second-order valence-electron chi connectivity index (χ2n) is 6.54. The molecule has 1 aliphatic rings. The fourth-order valence-electron chi connectivity index (χ4n) is 3.19. The van der Waals surface area contributed by atoms with Crippen LogP contribution in [0.15, 0.2) is 40.8 Å². The van der Waals surface area contributed by atoms with Crippen molar-refractivity contribution in [2.24, 2.45) is 0 Å². The van der Waals surface area contributed by atoms with Gasteiger partial charge in [0.2, 0.25) is 0 Å². The summed E-state index contributed by atoms with van der Waals surface area (Å²) in [7, 11) is 0. The van der Waals surface area contributed by atoms with E-state index in [-0.39, 0.29) is 0 Å². The Hall–Kier alpha value is -2.67. The van der Waals surface area contributed by atoms with Crippen molar-refractivity contribution in [1.82, 2.24) is 14.9 Å². The normalized spacial score (nSPS) is 14.7. The molecule has 1 N–H and O–H groups in total. The standard InChI is InChI=1S/C19H21N5OS/c1-13-11-14(2)20-17(12-13)22-19(26)24-9-7-23(8-10-24)18-21-15-5-3-4-6-16(15)25-18/h3-6,11-12H,7-10H2,1-2H3,(H,20,22,26). The van der Waals surface area contributed by atoms with Crippen LogP contribution < -0.4 is 10.2 Å². The van der Waals surface area contributed by atoms with Crippen molar-refractivity contribution in [1.29, 1.82) is 0 Å². The van der Waals surface area contributed by atoms with Crippen LogP contribution in [0, 0.1) is 13.8 Å². The zero-order valence-corrected chi connectivity index (χ0v) is 15.7. The summed E-state index contributed by atoms with van der Waals surface area (Å²) in [5, 5.41) is 3.97. The number of aryl methyl sites for hydroxylation is 2. The van der Waals surface area contributed by atoms with Gasteiger partial charge in [0.25, 0.3) is 6.01 Å². The second-order valence-corrected chi connectivity index (χ2v) is 6.93. The summed E-state index contributed by atoms with van der Waals surface area (Å²) in [6.07, 6.45) is 0. The van der Waals surface area contributed by atoms with Crippen molar-refractivity contribution >= 4 is 40.3 Å². The van der Waals surface area contributed by atoms with Crippen molar-refractivity contribution in [3.05, 3.63) is 47.7 Å². The van der Waals surface area contributed by atoms with E-state index in [4.69, 9.17) is 16.6 Å². The van der Waals surface area contributed by atoms with E-state index in [9.17, 15) is 0 Å². The van der Waals surface area contributed by atoms with E-state index >= 15 is 0 Å². The molecule has 134 valence electrons. The first kappa shape index (κ1) is 16.8. The van der Waals surface area contributed by atoms with E-state index in [1.54, 1.807) is 0 Å². The van der Waals surface area contributed by atoms with Gasteiger partial charge in [-0.15, -0.1) is 0 Å². The van der Waals surface area contributed by atoms with E-state index in [1.807, 2.05) is 43.3 Å². The number of fused-ring (bicyclic) bond motifs is 1. The third-order valence-corrected chi connectivity index (χ3v) is 4.81. The van der Waals surface area contributed by atoms with Crippen LogP contribution in [0.1, 0.15) is 11.3 Å². The van der Waals surface area contributed by atoms with Gasteiger partial charge in [-0.05, 0) is 55.9 Å². The minimum absolute atomic E-state index is 0.681. The molecule has 1 saturated heterocycles. The van der Waals surface area contributed by atoms with E-state index in [0.717, 1.165) is 48.8 Å². The maximum atomic E-state index is 5.86. The molecule has 7 heteroatoms. The van der Waals surface area contributed by atoms with Crippen LogP contribution in [-0.4, -0.2) is 46.2 Å². The third kappa shape index (κ3) is 3.48. The predicted molar refractivity (Wildman–Crippen MR) is 108 cm³/mol. The molecule has 0 aliphatic carbocycles. The zero-order chi connectivity index (χ0) is 18.1. The molecule has 6 nitrogen and oxygen atoms in total. The van der Waals surface area contributed by atoms with Gasteiger partial charge in [-0.25, -0.2) is 4.98 Å². The first-order valence-electron chi connectivity index (χ1n) is 8.70. The lowest BCUT2D eigenvalue weighted by Gasteiger charge is -2.35. The lowest BCUT2D eigenvalue weighted by atomic mass is 10.2. The number of aromatic nitrogens is 2. The van der Waals surface area contributed by atoms with Gasteiger partial charge in [0.1, 0.15) is 11.3 Å². The second kappa shape index (κ2) is 6.92. The summed E-state index contributed by atoms with van der Waals surface area (Å²) in [5.74, 6) is 0.800. The first-order valence-corrected chi connectivity index (χ1v) is 9.11. The van der Waals surface area contributed by atoms with Crippen LogP contribution in [0.5, 0.6) is 0 Å². The number of anilines is 2. The van der Waals surface area contributed by atoms with Gasteiger partial charge in [0.15, 0.2) is 10.7 Å². The number of nitrogens with zero attached hydrogens (tertiary/aromatic N) is 4. The number of para-hydroxylation sites is 2. The van der Waals surface area contributed by atoms with Crippen molar-refractivity contribution in [3.63, 3.8) is 0 Å². The lowest BCUT2D eigenvalue weighted by Crippen LogP contribution is -2.50. The van der Waals surface area contributed by atoms with Crippen molar-refractivity contribution in [2.45, 2.75) is 13.8 Å². The number of rotatable bonds is 2. The summed E-state index contributed by atoms with van der Waals surface area (Å²) < 4.78 is 5.86. The van der Waals surface area contributed by atoms with Crippen LogP contribution in [0.4, 0.5) is 11.8 Å². The molecule has 3 aromatic rings. The molecule has 0 bridgehead atoms. The zero-order valence-electron chi connectivity index (χ0n) is 14.9. The topological polar surface area (TPSA) is 57.4 Å². The number of oxazole rings is 1. The molecule has 1 fully saturated rings. The van der Waals surface area contributed by atoms with Crippen LogP contribution in [0.3, 0.4) is 0 Å². The molecule has 4 rings (SSSR count). The Morgan fingerprint density at radius 2 is 1.85 bits per heavy atom.